The summed E-state index contributed by atoms with van der Waals surface area (Å²) < 4.78 is 17.8. The molecule has 1 fully saturated rings. The van der Waals surface area contributed by atoms with Gasteiger partial charge in [0.2, 0.25) is 5.91 Å². The minimum atomic E-state index is -0.309. The molecule has 0 radical (unpaired) electrons. The minimum Gasteiger partial charge on any atom is -0.463 e. The van der Waals surface area contributed by atoms with Gasteiger partial charge in [-0.15, -0.1) is 0 Å². The molecule has 1 aliphatic rings. The van der Waals surface area contributed by atoms with Gasteiger partial charge in [-0.3, -0.25) is 9.59 Å². The van der Waals surface area contributed by atoms with Crippen molar-refractivity contribution in [2.24, 2.45) is 5.92 Å². The number of nitrogens with one attached hydrogen (secondary N) is 1. The SMILES string of the molecule is CC(C)OC(=O)CCNC(=O)C1CC1c1ccc(F)cc1. The third-order valence-electron chi connectivity index (χ3n) is 3.42. The van der Waals surface area contributed by atoms with Crippen molar-refractivity contribution < 1.29 is 18.7 Å². The van der Waals surface area contributed by atoms with E-state index in [1.807, 2.05) is 0 Å². The van der Waals surface area contributed by atoms with Crippen LogP contribution >= 0.6 is 0 Å². The molecule has 0 heterocycles. The van der Waals surface area contributed by atoms with Crippen molar-refractivity contribution in [1.29, 1.82) is 0 Å². The Morgan fingerprint density at radius 2 is 2.00 bits per heavy atom. The van der Waals surface area contributed by atoms with E-state index >= 15 is 0 Å². The topological polar surface area (TPSA) is 55.4 Å². The van der Waals surface area contributed by atoms with Gasteiger partial charge in [0.15, 0.2) is 0 Å². The van der Waals surface area contributed by atoms with Crippen LogP contribution in [-0.2, 0) is 14.3 Å². The zero-order chi connectivity index (χ0) is 15.4. The molecule has 0 aromatic heterocycles. The highest BCUT2D eigenvalue weighted by molar-refractivity contribution is 5.83. The molecule has 4 nitrogen and oxygen atoms in total. The van der Waals surface area contributed by atoms with E-state index in [-0.39, 0.29) is 48.6 Å². The van der Waals surface area contributed by atoms with Gasteiger partial charge < -0.3 is 10.1 Å². The zero-order valence-electron chi connectivity index (χ0n) is 12.3. The third kappa shape index (κ3) is 4.55. The molecule has 2 atom stereocenters. The van der Waals surface area contributed by atoms with Gasteiger partial charge in [0.05, 0.1) is 12.5 Å². The first-order chi connectivity index (χ1) is 9.97. The highest BCUT2D eigenvalue weighted by Gasteiger charge is 2.43. The van der Waals surface area contributed by atoms with E-state index in [9.17, 15) is 14.0 Å². The Hall–Kier alpha value is -1.91. The molecule has 0 spiro atoms. The van der Waals surface area contributed by atoms with E-state index in [0.29, 0.717) is 0 Å². The van der Waals surface area contributed by atoms with E-state index in [0.717, 1.165) is 12.0 Å². The van der Waals surface area contributed by atoms with Gasteiger partial charge in [-0.05, 0) is 43.9 Å². The monoisotopic (exact) mass is 293 g/mol. The molecule has 1 aromatic rings. The van der Waals surface area contributed by atoms with Gasteiger partial charge in [-0.2, -0.15) is 0 Å². The first-order valence-corrected chi connectivity index (χ1v) is 7.20. The molecule has 0 aliphatic heterocycles. The maximum absolute atomic E-state index is 12.8. The van der Waals surface area contributed by atoms with Crippen molar-refractivity contribution in [3.8, 4) is 0 Å². The average molecular weight is 293 g/mol. The van der Waals surface area contributed by atoms with Crippen LogP contribution in [0.4, 0.5) is 4.39 Å². The first kappa shape index (κ1) is 15.5. The van der Waals surface area contributed by atoms with Crippen molar-refractivity contribution in [3.63, 3.8) is 0 Å². The summed E-state index contributed by atoms with van der Waals surface area (Å²) in [6.45, 7) is 3.86. The molecule has 114 valence electrons. The maximum Gasteiger partial charge on any atom is 0.307 e. The van der Waals surface area contributed by atoms with E-state index in [4.69, 9.17) is 4.74 Å². The molecule has 0 saturated heterocycles. The highest BCUT2D eigenvalue weighted by atomic mass is 19.1. The van der Waals surface area contributed by atoms with Crippen LogP contribution in [0.3, 0.4) is 0 Å². The summed E-state index contributed by atoms with van der Waals surface area (Å²) in [7, 11) is 0. The van der Waals surface area contributed by atoms with Crippen molar-refractivity contribution in [2.75, 3.05) is 6.54 Å². The number of carbonyl (C=O) groups excluding carboxylic acids is 2. The van der Waals surface area contributed by atoms with E-state index in [2.05, 4.69) is 5.32 Å². The Labute approximate surface area is 123 Å². The summed E-state index contributed by atoms with van der Waals surface area (Å²) in [5.74, 6) is -0.549. The quantitative estimate of drug-likeness (QED) is 0.819. The molecule has 0 bridgehead atoms. The number of carbonyl (C=O) groups is 2. The number of hydrogen-bond donors (Lipinski definition) is 1. The summed E-state index contributed by atoms with van der Waals surface area (Å²) in [4.78, 5) is 23.3. The fourth-order valence-corrected chi connectivity index (χ4v) is 2.30. The maximum atomic E-state index is 12.8. The van der Waals surface area contributed by atoms with Crippen LogP contribution in [0, 0.1) is 11.7 Å². The highest BCUT2D eigenvalue weighted by Crippen LogP contribution is 2.47. The van der Waals surface area contributed by atoms with Crippen LogP contribution in [0.25, 0.3) is 0 Å². The van der Waals surface area contributed by atoms with Crippen LogP contribution in [0.2, 0.25) is 0 Å². The Bertz CT molecular complexity index is 513. The molecule has 2 unspecified atom stereocenters. The number of esters is 1. The second kappa shape index (κ2) is 6.70. The van der Waals surface area contributed by atoms with Gasteiger partial charge in [-0.25, -0.2) is 4.39 Å². The lowest BCUT2D eigenvalue weighted by Gasteiger charge is -2.08. The number of benzene rings is 1. The molecule has 21 heavy (non-hydrogen) atoms. The van der Waals surface area contributed by atoms with Gasteiger partial charge in [0.25, 0.3) is 0 Å². The summed E-state index contributed by atoms with van der Waals surface area (Å²) in [5.41, 5.74) is 0.982. The van der Waals surface area contributed by atoms with Crippen molar-refractivity contribution in [1.82, 2.24) is 5.32 Å². The minimum absolute atomic E-state index is 0.0540. The molecular formula is C16H20FNO3. The molecule has 2 rings (SSSR count). The van der Waals surface area contributed by atoms with Crippen LogP contribution in [0.1, 0.15) is 38.2 Å². The summed E-state index contributed by atoms with van der Waals surface area (Å²) in [6, 6.07) is 6.25. The normalized spacial score (nSPS) is 20.2. The van der Waals surface area contributed by atoms with E-state index in [1.54, 1.807) is 26.0 Å². The predicted octanol–water partition coefficient (Wildman–Crippen LogP) is 2.39. The second-order valence-corrected chi connectivity index (χ2v) is 5.58. The lowest BCUT2D eigenvalue weighted by Crippen LogP contribution is -2.28. The largest absolute Gasteiger partial charge is 0.463 e. The number of amides is 1. The van der Waals surface area contributed by atoms with E-state index in [1.165, 1.54) is 12.1 Å². The average Bonchev–Trinajstić information content (AvgIpc) is 3.19. The summed E-state index contributed by atoms with van der Waals surface area (Å²) in [6.07, 6.45) is 0.811. The molecule has 1 aliphatic carbocycles. The number of halogens is 1. The predicted molar refractivity (Wildman–Crippen MR) is 76.1 cm³/mol. The van der Waals surface area contributed by atoms with Crippen molar-refractivity contribution >= 4 is 11.9 Å². The third-order valence-corrected chi connectivity index (χ3v) is 3.42. The Morgan fingerprint density at radius 3 is 2.62 bits per heavy atom. The zero-order valence-corrected chi connectivity index (χ0v) is 12.3. The Kier molecular flexibility index (Phi) is 4.94. The van der Waals surface area contributed by atoms with Crippen molar-refractivity contribution in [2.45, 2.75) is 38.7 Å². The van der Waals surface area contributed by atoms with Gasteiger partial charge in [0.1, 0.15) is 5.82 Å². The van der Waals surface area contributed by atoms with Crippen LogP contribution in [-0.4, -0.2) is 24.5 Å². The van der Waals surface area contributed by atoms with Crippen LogP contribution in [0.5, 0.6) is 0 Å². The van der Waals surface area contributed by atoms with Gasteiger partial charge in [-0.1, -0.05) is 12.1 Å². The fraction of sp³-hybridized carbons (Fsp3) is 0.500. The van der Waals surface area contributed by atoms with Crippen LogP contribution in [0.15, 0.2) is 24.3 Å². The number of hydrogen-bond acceptors (Lipinski definition) is 3. The van der Waals surface area contributed by atoms with Gasteiger partial charge in [0, 0.05) is 12.5 Å². The Balaban J connectivity index is 1.71. The number of ether oxygens (including phenoxy) is 1. The first-order valence-electron chi connectivity index (χ1n) is 7.20. The summed E-state index contributed by atoms with van der Waals surface area (Å²) >= 11 is 0. The molecular weight excluding hydrogens is 273 g/mol. The molecule has 1 aromatic carbocycles. The van der Waals surface area contributed by atoms with Crippen LogP contribution < -0.4 is 5.32 Å². The molecule has 1 amide bonds. The fourth-order valence-electron chi connectivity index (χ4n) is 2.30. The van der Waals surface area contributed by atoms with Gasteiger partial charge >= 0.3 is 5.97 Å². The molecule has 1 N–H and O–H groups in total. The lowest BCUT2D eigenvalue weighted by molar-refractivity contribution is -0.147. The number of rotatable bonds is 6. The lowest BCUT2D eigenvalue weighted by atomic mass is 10.1. The molecule has 1 saturated carbocycles. The smallest absolute Gasteiger partial charge is 0.307 e. The standard InChI is InChI=1S/C16H20FNO3/c1-10(2)21-15(19)7-8-18-16(20)14-9-13(14)11-3-5-12(17)6-4-11/h3-6,10,13-14H,7-9H2,1-2H3,(H,18,20). The van der Waals surface area contributed by atoms with Crippen molar-refractivity contribution in [3.05, 3.63) is 35.6 Å². The summed E-state index contributed by atoms with van der Waals surface area (Å²) in [5, 5.41) is 2.75. The molecule has 5 heteroatoms. The van der Waals surface area contributed by atoms with E-state index < -0.39 is 0 Å². The Morgan fingerprint density at radius 1 is 1.33 bits per heavy atom. The second-order valence-electron chi connectivity index (χ2n) is 5.58.